The summed E-state index contributed by atoms with van der Waals surface area (Å²) in [5.74, 6) is -0.980. The molecule has 5 heteroatoms. The number of hydrogen-bond donors (Lipinski definition) is 2. The van der Waals surface area contributed by atoms with Crippen LogP contribution in [0.1, 0.15) is 16.1 Å². The average Bonchev–Trinajstić information content (AvgIpc) is 2.79. The summed E-state index contributed by atoms with van der Waals surface area (Å²) in [6, 6.07) is 10.6. The molecule has 0 amide bonds. The van der Waals surface area contributed by atoms with E-state index in [0.29, 0.717) is 5.56 Å². The van der Waals surface area contributed by atoms with Gasteiger partial charge in [0.1, 0.15) is 0 Å². The molecule has 0 aliphatic heterocycles. The lowest BCUT2D eigenvalue weighted by molar-refractivity contribution is 0.0696. The van der Waals surface area contributed by atoms with E-state index in [-0.39, 0.29) is 17.1 Å². The number of benzene rings is 2. The van der Waals surface area contributed by atoms with E-state index in [9.17, 15) is 15.0 Å². The molecule has 2 N–H and O–H groups in total. The third kappa shape index (κ3) is 2.21. The first-order chi connectivity index (χ1) is 11.0. The Morgan fingerprint density at radius 2 is 1.91 bits per heavy atom. The number of methoxy groups -OCH3 is 1. The Morgan fingerprint density at radius 1 is 1.22 bits per heavy atom. The minimum atomic E-state index is -1.07. The Morgan fingerprint density at radius 3 is 2.57 bits per heavy atom. The Balaban J connectivity index is 2.42. The number of carboxylic acids is 1. The van der Waals surface area contributed by atoms with Crippen LogP contribution in [0.3, 0.4) is 0 Å². The molecule has 1 aromatic heterocycles. The normalized spacial score (nSPS) is 10.9. The van der Waals surface area contributed by atoms with Gasteiger partial charge in [-0.15, -0.1) is 0 Å². The lowest BCUT2D eigenvalue weighted by Gasteiger charge is -2.11. The topological polar surface area (TPSA) is 71.7 Å². The Hall–Kier alpha value is -2.95. The lowest BCUT2D eigenvalue weighted by atomic mass is 9.98. The summed E-state index contributed by atoms with van der Waals surface area (Å²) in [4.78, 5) is 11.4. The number of phenolic OH excluding ortho intramolecular Hbond substituents is 1. The molecule has 0 saturated carbocycles. The van der Waals surface area contributed by atoms with Gasteiger partial charge in [-0.3, -0.25) is 0 Å². The zero-order chi connectivity index (χ0) is 16.7. The zero-order valence-corrected chi connectivity index (χ0v) is 13.1. The molecule has 23 heavy (non-hydrogen) atoms. The van der Waals surface area contributed by atoms with Gasteiger partial charge in [0.05, 0.1) is 12.7 Å². The second-order valence-electron chi connectivity index (χ2n) is 5.42. The van der Waals surface area contributed by atoms with Crippen molar-refractivity contribution in [2.45, 2.75) is 6.92 Å². The smallest absolute Gasteiger partial charge is 0.335 e. The minimum absolute atomic E-state index is 0.0584. The van der Waals surface area contributed by atoms with E-state index in [1.807, 2.05) is 42.8 Å². The molecule has 0 unspecified atom stereocenters. The molecule has 0 aliphatic rings. The number of aromatic nitrogens is 1. The maximum Gasteiger partial charge on any atom is 0.335 e. The van der Waals surface area contributed by atoms with E-state index in [0.717, 1.165) is 22.2 Å². The molecule has 0 bridgehead atoms. The van der Waals surface area contributed by atoms with Crippen LogP contribution in [-0.4, -0.2) is 27.9 Å². The molecule has 0 saturated heterocycles. The number of aromatic carboxylic acids is 1. The Kier molecular flexibility index (Phi) is 3.48. The molecule has 1 heterocycles. The standard InChI is InChI=1S/C18H17NO4/c1-10-16(12-6-4-5-7-14(12)19(10)2)13-8-11(18(21)22)9-15(23-3)17(13)20/h4-9,20H,1-3H3,(H,21,22). The van der Waals surface area contributed by atoms with E-state index < -0.39 is 5.97 Å². The number of para-hydroxylation sites is 1. The third-order valence-corrected chi connectivity index (χ3v) is 4.21. The first-order valence-corrected chi connectivity index (χ1v) is 7.14. The number of nitrogens with zero attached hydrogens (tertiary/aromatic N) is 1. The van der Waals surface area contributed by atoms with Gasteiger partial charge in [-0.05, 0) is 25.1 Å². The lowest BCUT2D eigenvalue weighted by Crippen LogP contribution is -1.99. The molecule has 0 aliphatic carbocycles. The maximum absolute atomic E-state index is 11.4. The molecule has 0 radical (unpaired) electrons. The van der Waals surface area contributed by atoms with Crippen molar-refractivity contribution in [1.82, 2.24) is 4.57 Å². The number of ether oxygens (including phenoxy) is 1. The van der Waals surface area contributed by atoms with E-state index in [2.05, 4.69) is 0 Å². The third-order valence-electron chi connectivity index (χ3n) is 4.21. The fourth-order valence-electron chi connectivity index (χ4n) is 2.94. The quantitative estimate of drug-likeness (QED) is 0.775. The molecule has 3 rings (SSSR count). The van der Waals surface area contributed by atoms with Crippen molar-refractivity contribution in [2.24, 2.45) is 7.05 Å². The van der Waals surface area contributed by atoms with Crippen LogP contribution in [0.15, 0.2) is 36.4 Å². The minimum Gasteiger partial charge on any atom is -0.504 e. The fourth-order valence-corrected chi connectivity index (χ4v) is 2.94. The van der Waals surface area contributed by atoms with Crippen LogP contribution in [0.25, 0.3) is 22.0 Å². The molecule has 5 nitrogen and oxygen atoms in total. The van der Waals surface area contributed by atoms with Gasteiger partial charge in [0.25, 0.3) is 0 Å². The monoisotopic (exact) mass is 311 g/mol. The summed E-state index contributed by atoms with van der Waals surface area (Å²) < 4.78 is 7.15. The molecule has 0 fully saturated rings. The van der Waals surface area contributed by atoms with Crippen LogP contribution in [0.5, 0.6) is 11.5 Å². The van der Waals surface area contributed by atoms with Gasteiger partial charge in [0, 0.05) is 34.8 Å². The molecule has 3 aromatic rings. The number of phenols is 1. The number of carbonyl (C=O) groups is 1. The molecule has 0 spiro atoms. The van der Waals surface area contributed by atoms with Gasteiger partial charge < -0.3 is 19.5 Å². The number of hydrogen-bond acceptors (Lipinski definition) is 3. The van der Waals surface area contributed by atoms with Crippen molar-refractivity contribution in [2.75, 3.05) is 7.11 Å². The van der Waals surface area contributed by atoms with Crippen molar-refractivity contribution >= 4 is 16.9 Å². The Bertz CT molecular complexity index is 924. The second kappa shape index (κ2) is 5.35. The predicted octanol–water partition coefficient (Wildman–Crippen LogP) is 3.57. The summed E-state index contributed by atoms with van der Waals surface area (Å²) in [7, 11) is 3.34. The number of fused-ring (bicyclic) bond motifs is 1. The fraction of sp³-hybridized carbons (Fsp3) is 0.167. The molecule has 118 valence electrons. The highest BCUT2D eigenvalue weighted by molar-refractivity contribution is 6.01. The zero-order valence-electron chi connectivity index (χ0n) is 13.1. The molecular formula is C18H17NO4. The summed E-state index contributed by atoms with van der Waals surface area (Å²) in [6.07, 6.45) is 0. The summed E-state index contributed by atoms with van der Waals surface area (Å²) in [5.41, 5.74) is 3.28. The van der Waals surface area contributed by atoms with Gasteiger partial charge >= 0.3 is 5.97 Å². The number of aryl methyl sites for hydroxylation is 1. The van der Waals surface area contributed by atoms with E-state index in [4.69, 9.17) is 4.74 Å². The van der Waals surface area contributed by atoms with Crippen molar-refractivity contribution < 1.29 is 19.7 Å². The number of carboxylic acid groups (broad SMARTS) is 1. The highest BCUT2D eigenvalue weighted by Gasteiger charge is 2.21. The van der Waals surface area contributed by atoms with Crippen LogP contribution in [0, 0.1) is 6.92 Å². The largest absolute Gasteiger partial charge is 0.504 e. The van der Waals surface area contributed by atoms with Crippen molar-refractivity contribution in [3.63, 3.8) is 0 Å². The SMILES string of the molecule is COc1cc(C(=O)O)cc(-c2c(C)n(C)c3ccccc23)c1O. The van der Waals surface area contributed by atoms with E-state index in [1.165, 1.54) is 19.2 Å². The molecule has 0 atom stereocenters. The van der Waals surface area contributed by atoms with Gasteiger partial charge in [-0.25, -0.2) is 4.79 Å². The highest BCUT2D eigenvalue weighted by atomic mass is 16.5. The average molecular weight is 311 g/mol. The number of aromatic hydroxyl groups is 1. The van der Waals surface area contributed by atoms with Crippen molar-refractivity contribution in [3.05, 3.63) is 47.7 Å². The first-order valence-electron chi connectivity index (χ1n) is 7.14. The van der Waals surface area contributed by atoms with Crippen LogP contribution >= 0.6 is 0 Å². The number of rotatable bonds is 3. The van der Waals surface area contributed by atoms with Gasteiger partial charge in [-0.2, -0.15) is 0 Å². The predicted molar refractivity (Wildman–Crippen MR) is 88.3 cm³/mol. The summed E-state index contributed by atoms with van der Waals surface area (Å²) in [6.45, 7) is 1.94. The van der Waals surface area contributed by atoms with Crippen LogP contribution in [-0.2, 0) is 7.05 Å². The van der Waals surface area contributed by atoms with Gasteiger partial charge in [0.15, 0.2) is 11.5 Å². The maximum atomic E-state index is 11.4. The first kappa shape index (κ1) is 15.0. The summed E-state index contributed by atoms with van der Waals surface area (Å²) >= 11 is 0. The van der Waals surface area contributed by atoms with Crippen LogP contribution < -0.4 is 4.74 Å². The van der Waals surface area contributed by atoms with Gasteiger partial charge in [0.2, 0.25) is 0 Å². The highest BCUT2D eigenvalue weighted by Crippen LogP contribution is 2.43. The van der Waals surface area contributed by atoms with E-state index in [1.54, 1.807) is 0 Å². The van der Waals surface area contributed by atoms with Gasteiger partial charge in [-0.1, -0.05) is 18.2 Å². The van der Waals surface area contributed by atoms with Crippen LogP contribution in [0.2, 0.25) is 0 Å². The van der Waals surface area contributed by atoms with Crippen molar-refractivity contribution in [1.29, 1.82) is 0 Å². The van der Waals surface area contributed by atoms with E-state index >= 15 is 0 Å². The molecular weight excluding hydrogens is 294 g/mol. The summed E-state index contributed by atoms with van der Waals surface area (Å²) in [5, 5.41) is 20.8. The molecule has 2 aromatic carbocycles. The Labute approximate surface area is 133 Å². The second-order valence-corrected chi connectivity index (χ2v) is 5.42. The van der Waals surface area contributed by atoms with Crippen molar-refractivity contribution in [3.8, 4) is 22.6 Å². The van der Waals surface area contributed by atoms with Crippen LogP contribution in [0.4, 0.5) is 0 Å².